The summed E-state index contributed by atoms with van der Waals surface area (Å²) in [6.07, 6.45) is 7.99. The maximum Gasteiger partial charge on any atom is 0.170 e. The molecule has 7 rings (SSSR count). The van der Waals surface area contributed by atoms with Crippen LogP contribution in [0.3, 0.4) is 0 Å². The van der Waals surface area contributed by atoms with Gasteiger partial charge in [0.25, 0.3) is 0 Å². The minimum atomic E-state index is -1.01. The van der Waals surface area contributed by atoms with E-state index in [1.165, 1.54) is 32.1 Å². The van der Waals surface area contributed by atoms with Crippen molar-refractivity contribution >= 4 is 0 Å². The number of ether oxygens (including phenoxy) is 5. The first-order valence-electron chi connectivity index (χ1n) is 20.5. The molecular formula is C41H72N2O7. The molecule has 0 aromatic carbocycles. The number of rotatable bonds is 12. The summed E-state index contributed by atoms with van der Waals surface area (Å²) >= 11 is 0. The largest absolute Gasteiger partial charge is 0.390 e. The van der Waals surface area contributed by atoms with Crippen molar-refractivity contribution in [3.8, 4) is 0 Å². The van der Waals surface area contributed by atoms with Crippen LogP contribution in [-0.2, 0) is 23.7 Å². The average Bonchev–Trinajstić information content (AvgIpc) is 3.69. The SMILES string of the molecule is CCO[C@@H](C1C[C@@H](C)[C@H]2C(O1)[C@H](O)[C@@]1(C)C3CC[C@H]4C(C)(C)[C@@H](O[C@H]5CN(CCNCCOC)CCO5)CC[C@@]45C[C@@]35CC[C@]21C)C(C)(C)O. The Morgan fingerprint density at radius 1 is 1.02 bits per heavy atom. The van der Waals surface area contributed by atoms with Crippen molar-refractivity contribution in [2.75, 3.05) is 59.7 Å². The zero-order chi connectivity index (χ0) is 35.9. The Kier molecular flexibility index (Phi) is 10.2. The van der Waals surface area contributed by atoms with Gasteiger partial charge in [0.2, 0.25) is 0 Å². The molecule has 7 aliphatic rings. The van der Waals surface area contributed by atoms with E-state index in [0.29, 0.717) is 41.1 Å². The second-order valence-corrected chi connectivity index (χ2v) is 19.6. The minimum absolute atomic E-state index is 0.0170. The van der Waals surface area contributed by atoms with Gasteiger partial charge in [-0.3, -0.25) is 4.90 Å². The summed E-state index contributed by atoms with van der Waals surface area (Å²) in [5.74, 6) is 1.82. The normalized spacial score (nSPS) is 48.9. The lowest BCUT2D eigenvalue weighted by Crippen LogP contribution is -2.60. The third-order valence-electron chi connectivity index (χ3n) is 16.7. The van der Waals surface area contributed by atoms with Gasteiger partial charge in [0.15, 0.2) is 6.29 Å². The van der Waals surface area contributed by atoms with Crippen LogP contribution in [-0.4, -0.2) is 117 Å². The summed E-state index contributed by atoms with van der Waals surface area (Å²) in [7, 11) is 1.75. The average molecular weight is 705 g/mol. The van der Waals surface area contributed by atoms with Crippen LogP contribution in [0.2, 0.25) is 0 Å². The van der Waals surface area contributed by atoms with Gasteiger partial charge in [0.1, 0.15) is 6.10 Å². The standard InChI is InChI=1S/C41H72N2O7/c1-10-47-35(37(5,6)45)27-23-26(2)32-33(49-27)34(44)39(8)29-12-11-28-36(3,4)30(13-14-40(28)25-41(29,40)16-15-38(32,39)7)50-31-24-43(20-22-48-31)19-17-42-18-21-46-9/h26-35,42,44-45H,10-25H2,1-9H3/t26-,27?,28+,29?,30+,31+,32+,33?,34+,35+,38-,39-,40-,41+/m1/s1. The zero-order valence-corrected chi connectivity index (χ0v) is 33.0. The summed E-state index contributed by atoms with van der Waals surface area (Å²) < 4.78 is 31.5. The Labute approximate surface area is 303 Å². The van der Waals surface area contributed by atoms with Crippen LogP contribution in [0.1, 0.15) is 107 Å². The molecule has 0 amide bonds. The number of nitrogens with one attached hydrogen (secondary N) is 1. The Hall–Kier alpha value is -0.360. The fourth-order valence-electron chi connectivity index (χ4n) is 14.4. The third-order valence-corrected chi connectivity index (χ3v) is 16.7. The minimum Gasteiger partial charge on any atom is -0.390 e. The van der Waals surface area contributed by atoms with Crippen molar-refractivity contribution in [3.05, 3.63) is 0 Å². The second kappa shape index (κ2) is 13.4. The van der Waals surface area contributed by atoms with Gasteiger partial charge in [0.05, 0.1) is 43.2 Å². The highest BCUT2D eigenvalue weighted by Crippen LogP contribution is 2.89. The molecule has 3 N–H and O–H groups in total. The molecule has 0 aromatic rings. The molecule has 2 spiro atoms. The quantitative estimate of drug-likeness (QED) is 0.235. The predicted octanol–water partition coefficient (Wildman–Crippen LogP) is 5.26. The van der Waals surface area contributed by atoms with Crippen LogP contribution in [0.15, 0.2) is 0 Å². The lowest BCUT2D eigenvalue weighted by atomic mass is 9.41. The van der Waals surface area contributed by atoms with Crippen LogP contribution in [0.5, 0.6) is 0 Å². The van der Waals surface area contributed by atoms with E-state index in [1.807, 2.05) is 20.8 Å². The number of aliphatic hydroxyl groups excluding tert-OH is 1. The van der Waals surface area contributed by atoms with Crippen molar-refractivity contribution in [1.29, 1.82) is 0 Å². The molecule has 50 heavy (non-hydrogen) atoms. The van der Waals surface area contributed by atoms with Crippen molar-refractivity contribution in [1.82, 2.24) is 10.2 Å². The maximum absolute atomic E-state index is 12.6. The fourth-order valence-corrected chi connectivity index (χ4v) is 14.4. The predicted molar refractivity (Wildman–Crippen MR) is 194 cm³/mol. The van der Waals surface area contributed by atoms with Gasteiger partial charge < -0.3 is 39.2 Å². The smallest absolute Gasteiger partial charge is 0.170 e. The number of hydrogen-bond acceptors (Lipinski definition) is 9. The van der Waals surface area contributed by atoms with Gasteiger partial charge >= 0.3 is 0 Å². The molecule has 0 radical (unpaired) electrons. The molecule has 7 fully saturated rings. The zero-order valence-electron chi connectivity index (χ0n) is 33.0. The van der Waals surface area contributed by atoms with Gasteiger partial charge in [-0.1, -0.05) is 34.6 Å². The van der Waals surface area contributed by atoms with Crippen molar-refractivity contribution in [3.63, 3.8) is 0 Å². The van der Waals surface area contributed by atoms with E-state index in [1.54, 1.807) is 7.11 Å². The van der Waals surface area contributed by atoms with E-state index < -0.39 is 17.8 Å². The fraction of sp³-hybridized carbons (Fsp3) is 1.00. The van der Waals surface area contributed by atoms with Crippen LogP contribution in [0.25, 0.3) is 0 Å². The summed E-state index contributed by atoms with van der Waals surface area (Å²) in [5, 5.41) is 27.2. The Morgan fingerprint density at radius 3 is 2.48 bits per heavy atom. The summed E-state index contributed by atoms with van der Waals surface area (Å²) in [6.45, 7) is 24.6. The molecule has 9 nitrogen and oxygen atoms in total. The lowest BCUT2D eigenvalue weighted by molar-refractivity contribution is -0.248. The molecule has 288 valence electrons. The summed E-state index contributed by atoms with van der Waals surface area (Å²) in [5.41, 5.74) is -0.481. The number of hydrogen-bond donors (Lipinski definition) is 3. The van der Waals surface area contributed by atoms with Crippen LogP contribution < -0.4 is 5.32 Å². The van der Waals surface area contributed by atoms with E-state index in [0.717, 1.165) is 65.2 Å². The molecule has 5 aliphatic carbocycles. The highest BCUT2D eigenvalue weighted by atomic mass is 16.7. The van der Waals surface area contributed by atoms with E-state index in [4.69, 9.17) is 23.7 Å². The Balaban J connectivity index is 1.06. The molecule has 2 heterocycles. The van der Waals surface area contributed by atoms with Gasteiger partial charge in [-0.05, 0) is 117 Å². The van der Waals surface area contributed by atoms with Crippen molar-refractivity contribution in [2.45, 2.75) is 149 Å². The lowest BCUT2D eigenvalue weighted by Gasteiger charge is -2.64. The third kappa shape index (κ3) is 5.63. The highest BCUT2D eigenvalue weighted by molar-refractivity contribution is 5.33. The van der Waals surface area contributed by atoms with Gasteiger partial charge in [-0.15, -0.1) is 0 Å². The maximum atomic E-state index is 12.6. The summed E-state index contributed by atoms with van der Waals surface area (Å²) in [4.78, 5) is 2.48. The van der Waals surface area contributed by atoms with Gasteiger partial charge in [-0.25, -0.2) is 0 Å². The van der Waals surface area contributed by atoms with Crippen LogP contribution in [0.4, 0.5) is 0 Å². The summed E-state index contributed by atoms with van der Waals surface area (Å²) in [6, 6.07) is 0. The molecule has 2 saturated heterocycles. The molecular weight excluding hydrogens is 632 g/mol. The first-order chi connectivity index (χ1) is 23.6. The molecule has 2 aliphatic heterocycles. The Morgan fingerprint density at radius 2 is 1.76 bits per heavy atom. The molecule has 14 atom stereocenters. The van der Waals surface area contributed by atoms with Crippen LogP contribution >= 0.6 is 0 Å². The van der Waals surface area contributed by atoms with Crippen LogP contribution in [0, 0.1) is 50.7 Å². The van der Waals surface area contributed by atoms with E-state index in [2.05, 4.69) is 44.8 Å². The topological polar surface area (TPSA) is 102 Å². The number of fused-ring (bicyclic) bond motifs is 4. The highest BCUT2D eigenvalue weighted by Gasteiger charge is 2.84. The number of aliphatic hydroxyl groups is 2. The molecule has 3 unspecified atom stereocenters. The van der Waals surface area contributed by atoms with E-state index in [9.17, 15) is 10.2 Å². The number of nitrogens with zero attached hydrogens (tertiary/aromatic N) is 1. The van der Waals surface area contributed by atoms with Gasteiger partial charge in [0, 0.05) is 51.9 Å². The molecule has 0 aromatic heterocycles. The monoisotopic (exact) mass is 705 g/mol. The molecule has 5 saturated carbocycles. The number of morpholine rings is 1. The van der Waals surface area contributed by atoms with E-state index >= 15 is 0 Å². The van der Waals surface area contributed by atoms with Gasteiger partial charge in [-0.2, -0.15) is 0 Å². The van der Waals surface area contributed by atoms with Crippen molar-refractivity contribution in [2.24, 2.45) is 50.7 Å². The second-order valence-electron chi connectivity index (χ2n) is 19.6. The van der Waals surface area contributed by atoms with Crippen molar-refractivity contribution < 1.29 is 33.9 Å². The Bertz CT molecular complexity index is 1210. The first kappa shape index (κ1) is 37.9. The number of methoxy groups -OCH3 is 1. The van der Waals surface area contributed by atoms with E-state index in [-0.39, 0.29) is 40.8 Å². The first-order valence-corrected chi connectivity index (χ1v) is 20.5. The molecule has 0 bridgehead atoms. The molecule has 9 heteroatoms.